The van der Waals surface area contributed by atoms with Gasteiger partial charge in [0.05, 0.1) is 12.2 Å². The molecule has 0 aliphatic carbocycles. The maximum Gasteiger partial charge on any atom is 0.354 e. The van der Waals surface area contributed by atoms with Crippen LogP contribution in [0, 0.1) is 0 Å². The van der Waals surface area contributed by atoms with Gasteiger partial charge in [-0.25, -0.2) is 9.78 Å². The number of carboxylic acids is 1. The number of rotatable bonds is 3. The van der Waals surface area contributed by atoms with Crippen molar-refractivity contribution in [3.8, 4) is 0 Å². The van der Waals surface area contributed by atoms with E-state index in [1.54, 1.807) is 17.0 Å². The van der Waals surface area contributed by atoms with Crippen molar-refractivity contribution in [1.29, 1.82) is 0 Å². The van der Waals surface area contributed by atoms with E-state index in [1.165, 1.54) is 6.07 Å². The highest BCUT2D eigenvalue weighted by molar-refractivity contribution is 5.85. The maximum absolute atomic E-state index is 11.8. The van der Waals surface area contributed by atoms with E-state index in [-0.39, 0.29) is 11.6 Å². The van der Waals surface area contributed by atoms with Gasteiger partial charge in [0.25, 0.3) is 0 Å². The van der Waals surface area contributed by atoms with Crippen molar-refractivity contribution in [3.05, 3.63) is 29.6 Å². The second kappa shape index (κ2) is 5.62. The van der Waals surface area contributed by atoms with Crippen LogP contribution in [0.5, 0.6) is 0 Å². The van der Waals surface area contributed by atoms with Crippen molar-refractivity contribution in [2.45, 2.75) is 32.2 Å². The summed E-state index contributed by atoms with van der Waals surface area (Å²) in [6.07, 6.45) is 3.60. The monoisotopic (exact) mass is 248 g/mol. The van der Waals surface area contributed by atoms with Crippen LogP contribution in [-0.4, -0.2) is 33.4 Å². The number of likely N-dealkylation sites (tertiary alicyclic amines) is 1. The summed E-state index contributed by atoms with van der Waals surface area (Å²) in [6, 6.07) is 4.87. The highest BCUT2D eigenvalue weighted by Gasteiger charge is 2.17. The standard InChI is InChI=1S/C13H16N2O3/c16-12-7-2-1-3-8-15(12)9-10-5-4-6-11(14-10)13(17)18/h4-6H,1-3,7-9H2,(H,17,18). The summed E-state index contributed by atoms with van der Waals surface area (Å²) in [5.41, 5.74) is 0.653. The smallest absolute Gasteiger partial charge is 0.354 e. The van der Waals surface area contributed by atoms with Crippen LogP contribution in [0.2, 0.25) is 0 Å². The lowest BCUT2D eigenvalue weighted by Gasteiger charge is -2.19. The number of nitrogens with zero attached hydrogens (tertiary/aromatic N) is 2. The number of aromatic carboxylic acids is 1. The number of carbonyl (C=O) groups excluding carboxylic acids is 1. The summed E-state index contributed by atoms with van der Waals surface area (Å²) in [7, 11) is 0. The number of amides is 1. The van der Waals surface area contributed by atoms with Gasteiger partial charge in [-0.15, -0.1) is 0 Å². The van der Waals surface area contributed by atoms with Crippen LogP contribution in [-0.2, 0) is 11.3 Å². The Hall–Kier alpha value is -1.91. The number of aromatic nitrogens is 1. The van der Waals surface area contributed by atoms with E-state index in [4.69, 9.17) is 5.11 Å². The summed E-state index contributed by atoms with van der Waals surface area (Å²) in [6.45, 7) is 1.14. The van der Waals surface area contributed by atoms with E-state index in [1.807, 2.05) is 0 Å². The Kier molecular flexibility index (Phi) is 3.92. The van der Waals surface area contributed by atoms with Crippen LogP contribution < -0.4 is 0 Å². The summed E-state index contributed by atoms with van der Waals surface area (Å²) in [5.74, 6) is -0.908. The molecule has 1 saturated heterocycles. The lowest BCUT2D eigenvalue weighted by Crippen LogP contribution is -2.30. The molecule has 1 fully saturated rings. The fraction of sp³-hybridized carbons (Fsp3) is 0.462. The molecule has 1 aromatic heterocycles. The Morgan fingerprint density at radius 3 is 2.94 bits per heavy atom. The summed E-state index contributed by atoms with van der Waals surface area (Å²) >= 11 is 0. The summed E-state index contributed by atoms with van der Waals surface area (Å²) in [5, 5.41) is 8.87. The van der Waals surface area contributed by atoms with Crippen molar-refractivity contribution >= 4 is 11.9 Å². The van der Waals surface area contributed by atoms with E-state index in [2.05, 4.69) is 4.98 Å². The fourth-order valence-corrected chi connectivity index (χ4v) is 2.09. The molecule has 1 amide bonds. The molecular weight excluding hydrogens is 232 g/mol. The third-order valence-corrected chi connectivity index (χ3v) is 3.05. The predicted octanol–water partition coefficient (Wildman–Crippen LogP) is 1.68. The van der Waals surface area contributed by atoms with Gasteiger partial charge in [-0.3, -0.25) is 4.79 Å². The Morgan fingerprint density at radius 1 is 1.33 bits per heavy atom. The quantitative estimate of drug-likeness (QED) is 0.883. The molecule has 0 radical (unpaired) electrons. The molecule has 0 bridgehead atoms. The number of hydrogen-bond acceptors (Lipinski definition) is 3. The Bertz CT molecular complexity index is 459. The second-order valence-corrected chi connectivity index (χ2v) is 4.45. The molecule has 0 saturated carbocycles. The van der Waals surface area contributed by atoms with Crippen LogP contribution >= 0.6 is 0 Å². The number of hydrogen-bond donors (Lipinski definition) is 1. The zero-order valence-corrected chi connectivity index (χ0v) is 10.1. The molecule has 1 aliphatic rings. The minimum Gasteiger partial charge on any atom is -0.477 e. The lowest BCUT2D eigenvalue weighted by molar-refractivity contribution is -0.131. The molecule has 1 N–H and O–H groups in total. The van der Waals surface area contributed by atoms with E-state index >= 15 is 0 Å². The highest BCUT2D eigenvalue weighted by atomic mass is 16.4. The van der Waals surface area contributed by atoms with Gasteiger partial charge >= 0.3 is 5.97 Å². The van der Waals surface area contributed by atoms with Crippen LogP contribution in [0.3, 0.4) is 0 Å². The third kappa shape index (κ3) is 3.06. The molecular formula is C13H16N2O3. The van der Waals surface area contributed by atoms with Crippen LogP contribution in [0.4, 0.5) is 0 Å². The largest absolute Gasteiger partial charge is 0.477 e. The average Bonchev–Trinajstić information content (AvgIpc) is 2.55. The zero-order chi connectivity index (χ0) is 13.0. The first-order valence-corrected chi connectivity index (χ1v) is 6.14. The van der Waals surface area contributed by atoms with Gasteiger partial charge in [0.1, 0.15) is 5.69 Å². The summed E-state index contributed by atoms with van der Waals surface area (Å²) < 4.78 is 0. The third-order valence-electron chi connectivity index (χ3n) is 3.05. The van der Waals surface area contributed by atoms with Crippen LogP contribution in [0.15, 0.2) is 18.2 Å². The van der Waals surface area contributed by atoms with Crippen LogP contribution in [0.25, 0.3) is 0 Å². The minimum atomic E-state index is -1.04. The molecule has 1 aliphatic heterocycles. The Morgan fingerprint density at radius 2 is 2.17 bits per heavy atom. The van der Waals surface area contributed by atoms with Gasteiger partial charge in [-0.2, -0.15) is 0 Å². The molecule has 0 spiro atoms. The molecule has 0 atom stereocenters. The van der Waals surface area contributed by atoms with Gasteiger partial charge in [-0.1, -0.05) is 12.5 Å². The Balaban J connectivity index is 2.10. The molecule has 0 aromatic carbocycles. The number of pyridine rings is 1. The summed E-state index contributed by atoms with van der Waals surface area (Å²) in [4.78, 5) is 28.4. The van der Waals surface area contributed by atoms with Crippen molar-refractivity contribution in [1.82, 2.24) is 9.88 Å². The SMILES string of the molecule is O=C(O)c1cccc(CN2CCCCCC2=O)n1. The highest BCUT2D eigenvalue weighted by Crippen LogP contribution is 2.13. The molecule has 18 heavy (non-hydrogen) atoms. The van der Waals surface area contributed by atoms with Gasteiger partial charge in [0.2, 0.25) is 5.91 Å². The topological polar surface area (TPSA) is 70.5 Å². The van der Waals surface area contributed by atoms with Crippen molar-refractivity contribution in [3.63, 3.8) is 0 Å². The average molecular weight is 248 g/mol. The van der Waals surface area contributed by atoms with Crippen molar-refractivity contribution in [2.24, 2.45) is 0 Å². The minimum absolute atomic E-state index is 0.0229. The van der Waals surface area contributed by atoms with E-state index in [0.717, 1.165) is 25.8 Å². The molecule has 96 valence electrons. The predicted molar refractivity (Wildman–Crippen MR) is 65.1 cm³/mol. The first-order chi connectivity index (χ1) is 8.66. The first kappa shape index (κ1) is 12.5. The second-order valence-electron chi connectivity index (χ2n) is 4.45. The Labute approximate surface area is 105 Å². The molecule has 5 nitrogen and oxygen atoms in total. The van der Waals surface area contributed by atoms with Crippen LogP contribution in [0.1, 0.15) is 41.9 Å². The molecule has 0 unspecified atom stereocenters. The molecule has 2 rings (SSSR count). The molecule has 5 heteroatoms. The number of carboxylic acid groups (broad SMARTS) is 1. The number of carbonyl (C=O) groups is 2. The van der Waals surface area contributed by atoms with Crippen molar-refractivity contribution in [2.75, 3.05) is 6.54 Å². The van der Waals surface area contributed by atoms with E-state index < -0.39 is 5.97 Å². The normalized spacial score (nSPS) is 16.4. The van der Waals surface area contributed by atoms with Gasteiger partial charge in [0.15, 0.2) is 0 Å². The van der Waals surface area contributed by atoms with E-state index in [0.29, 0.717) is 18.7 Å². The van der Waals surface area contributed by atoms with Gasteiger partial charge in [-0.05, 0) is 25.0 Å². The lowest BCUT2D eigenvalue weighted by atomic mass is 10.2. The maximum atomic E-state index is 11.8. The molecule has 1 aromatic rings. The fourth-order valence-electron chi connectivity index (χ4n) is 2.09. The first-order valence-electron chi connectivity index (χ1n) is 6.14. The zero-order valence-electron chi connectivity index (χ0n) is 10.1. The van der Waals surface area contributed by atoms with E-state index in [9.17, 15) is 9.59 Å². The molecule has 2 heterocycles. The van der Waals surface area contributed by atoms with Gasteiger partial charge in [0, 0.05) is 13.0 Å². The van der Waals surface area contributed by atoms with Gasteiger partial charge < -0.3 is 10.0 Å². The van der Waals surface area contributed by atoms with Crippen molar-refractivity contribution < 1.29 is 14.7 Å².